The molecule has 0 aliphatic carbocycles. The van der Waals surface area contributed by atoms with Crippen LogP contribution in [0.4, 0.5) is 17.1 Å². The maximum Gasteiger partial charge on any atom is 0.283 e. The number of aliphatic imine (C=N–C) groups is 1. The summed E-state index contributed by atoms with van der Waals surface area (Å²) in [5, 5.41) is 5.51. The Balaban J connectivity index is 2.11. The van der Waals surface area contributed by atoms with Gasteiger partial charge in [0.15, 0.2) is 6.20 Å². The maximum absolute atomic E-state index is 12.9. The Hall–Kier alpha value is -3.59. The van der Waals surface area contributed by atoms with Gasteiger partial charge in [-0.25, -0.2) is 4.99 Å². The summed E-state index contributed by atoms with van der Waals surface area (Å²) in [5.74, 6) is -0.994. The van der Waals surface area contributed by atoms with Gasteiger partial charge in [-0.15, -0.1) is 0 Å². The Morgan fingerprint density at radius 2 is 1.90 bits per heavy atom. The number of nitrogens with two attached hydrogens (primary N) is 1. The number of anilines is 2. The number of pyridine rings is 1. The highest BCUT2D eigenvalue weighted by atomic mass is 16.2. The van der Waals surface area contributed by atoms with Crippen molar-refractivity contribution in [3.05, 3.63) is 47.8 Å². The summed E-state index contributed by atoms with van der Waals surface area (Å²) < 4.78 is 1.82. The summed E-state index contributed by atoms with van der Waals surface area (Å²) in [6.45, 7) is 5.26. The van der Waals surface area contributed by atoms with Crippen molar-refractivity contribution in [2.45, 2.75) is 32.9 Å². The van der Waals surface area contributed by atoms with Crippen LogP contribution in [-0.2, 0) is 16.6 Å². The smallest absolute Gasteiger partial charge is 0.283 e. The number of fused-ring (bicyclic) bond motifs is 1. The first-order valence-corrected chi connectivity index (χ1v) is 9.97. The lowest BCUT2D eigenvalue weighted by Gasteiger charge is -2.13. The molecule has 1 aliphatic heterocycles. The number of hydrogen-bond donors (Lipinski definition) is 3. The van der Waals surface area contributed by atoms with E-state index in [-0.39, 0.29) is 35.0 Å². The molecule has 9 nitrogen and oxygen atoms in total. The molecule has 1 aromatic carbocycles. The van der Waals surface area contributed by atoms with E-state index in [1.54, 1.807) is 26.1 Å². The number of aryl methyl sites for hydroxylation is 1. The number of rotatable bonds is 5. The maximum atomic E-state index is 12.9. The van der Waals surface area contributed by atoms with Crippen LogP contribution in [-0.4, -0.2) is 42.6 Å². The second kappa shape index (κ2) is 8.65. The number of nitrogens with one attached hydrogen (secondary N) is 2. The van der Waals surface area contributed by atoms with Gasteiger partial charge in [-0.2, -0.15) is 4.57 Å². The topological polar surface area (TPSA) is 121 Å². The molecule has 1 aromatic heterocycles. The van der Waals surface area contributed by atoms with Crippen molar-refractivity contribution < 1.29 is 19.0 Å². The zero-order valence-electron chi connectivity index (χ0n) is 18.3. The minimum Gasteiger partial charge on any atom is -0.350 e. The highest BCUT2D eigenvalue weighted by molar-refractivity contribution is 6.53. The highest BCUT2D eigenvalue weighted by Crippen LogP contribution is 2.29. The Morgan fingerprint density at radius 1 is 1.19 bits per heavy atom. The number of carbonyl (C=O) groups is 3. The largest absolute Gasteiger partial charge is 0.350 e. The summed E-state index contributed by atoms with van der Waals surface area (Å²) in [5.41, 5.74) is 8.25. The first kappa shape index (κ1) is 22.1. The van der Waals surface area contributed by atoms with Crippen molar-refractivity contribution >= 4 is 40.5 Å². The molecular weight excluding hydrogens is 396 g/mol. The van der Waals surface area contributed by atoms with Crippen LogP contribution in [0.3, 0.4) is 0 Å². The minimum absolute atomic E-state index is 0.104. The zero-order chi connectivity index (χ0) is 22.9. The fourth-order valence-electron chi connectivity index (χ4n) is 3.24. The SMILES string of the molecule is CC(C)NC(=O)c1cc(NC(=O)[C@H](C)N)ccc1N=C1C(=O)N(C)c2ccc[n+](C)c21. The molecule has 162 valence electrons. The summed E-state index contributed by atoms with van der Waals surface area (Å²) in [6.07, 6.45) is 1.83. The second-order valence-electron chi connectivity index (χ2n) is 7.82. The average molecular weight is 423 g/mol. The molecule has 2 heterocycles. The highest BCUT2D eigenvalue weighted by Gasteiger charge is 2.38. The normalized spacial score (nSPS) is 15.3. The van der Waals surface area contributed by atoms with Gasteiger partial charge in [0.2, 0.25) is 11.6 Å². The van der Waals surface area contributed by atoms with Crippen molar-refractivity contribution in [2.75, 3.05) is 17.3 Å². The quantitative estimate of drug-likeness (QED) is 0.622. The predicted molar refractivity (Wildman–Crippen MR) is 119 cm³/mol. The lowest BCUT2D eigenvalue weighted by Crippen LogP contribution is -2.35. The van der Waals surface area contributed by atoms with Crippen LogP contribution < -0.4 is 25.8 Å². The van der Waals surface area contributed by atoms with Gasteiger partial charge in [-0.1, -0.05) is 0 Å². The molecule has 1 atom stereocenters. The standard InChI is InChI=1S/C22H26N6O3/c1-12(2)24-21(30)15-11-14(25-20(29)13(3)23)8-9-16(15)26-18-19-17(28(5)22(18)31)7-6-10-27(19)4/h6-13H,23H2,1-5H3,(H,24,30)/p+1/t13-/m0/s1. The van der Waals surface area contributed by atoms with E-state index >= 15 is 0 Å². The van der Waals surface area contributed by atoms with Gasteiger partial charge in [0.25, 0.3) is 17.5 Å². The molecule has 0 spiro atoms. The molecule has 2 aromatic rings. The van der Waals surface area contributed by atoms with E-state index in [1.165, 1.54) is 11.0 Å². The summed E-state index contributed by atoms with van der Waals surface area (Å²) >= 11 is 0. The molecule has 3 rings (SSSR count). The average Bonchev–Trinajstić information content (AvgIpc) is 2.94. The molecule has 3 amide bonds. The van der Waals surface area contributed by atoms with Gasteiger partial charge in [-0.3, -0.25) is 14.4 Å². The third-order valence-electron chi connectivity index (χ3n) is 4.83. The molecule has 1 aliphatic rings. The Labute approximate surface area is 181 Å². The lowest BCUT2D eigenvalue weighted by atomic mass is 10.1. The fourth-order valence-corrected chi connectivity index (χ4v) is 3.24. The van der Waals surface area contributed by atoms with Crippen LogP contribution in [0, 0.1) is 0 Å². The number of hydrogen-bond acceptors (Lipinski definition) is 5. The number of benzene rings is 1. The number of amides is 3. The van der Waals surface area contributed by atoms with Crippen LogP contribution in [0.15, 0.2) is 41.5 Å². The van der Waals surface area contributed by atoms with E-state index in [0.29, 0.717) is 17.1 Å². The molecule has 0 fully saturated rings. The van der Waals surface area contributed by atoms with Crippen molar-refractivity contribution in [1.82, 2.24) is 5.32 Å². The Morgan fingerprint density at radius 3 is 2.55 bits per heavy atom. The number of carbonyl (C=O) groups excluding carboxylic acids is 3. The molecule has 0 radical (unpaired) electrons. The van der Waals surface area contributed by atoms with Gasteiger partial charge < -0.3 is 21.3 Å². The van der Waals surface area contributed by atoms with Gasteiger partial charge in [0, 0.05) is 24.8 Å². The van der Waals surface area contributed by atoms with Gasteiger partial charge in [0.1, 0.15) is 12.7 Å². The molecule has 0 unspecified atom stereocenters. The van der Waals surface area contributed by atoms with Crippen LogP contribution in [0.25, 0.3) is 0 Å². The van der Waals surface area contributed by atoms with Crippen LogP contribution in [0.1, 0.15) is 36.8 Å². The van der Waals surface area contributed by atoms with Gasteiger partial charge >= 0.3 is 0 Å². The van der Waals surface area contributed by atoms with Crippen molar-refractivity contribution in [1.29, 1.82) is 0 Å². The monoisotopic (exact) mass is 423 g/mol. The first-order chi connectivity index (χ1) is 14.6. The minimum atomic E-state index is -0.698. The van der Waals surface area contributed by atoms with E-state index in [0.717, 1.165) is 5.69 Å². The Bertz CT molecular complexity index is 1090. The van der Waals surface area contributed by atoms with Crippen molar-refractivity contribution in [3.63, 3.8) is 0 Å². The second-order valence-corrected chi connectivity index (χ2v) is 7.82. The van der Waals surface area contributed by atoms with Gasteiger partial charge in [0.05, 0.1) is 17.3 Å². The third kappa shape index (κ3) is 4.46. The molecule has 4 N–H and O–H groups in total. The van der Waals surface area contributed by atoms with Crippen molar-refractivity contribution in [3.8, 4) is 0 Å². The van der Waals surface area contributed by atoms with E-state index in [4.69, 9.17) is 5.73 Å². The van der Waals surface area contributed by atoms with E-state index in [1.807, 2.05) is 43.8 Å². The van der Waals surface area contributed by atoms with Crippen LogP contribution >= 0.6 is 0 Å². The number of likely N-dealkylation sites (N-methyl/N-ethyl adjacent to an activating group) is 1. The molecule has 0 saturated heterocycles. The molecule has 9 heteroatoms. The van der Waals surface area contributed by atoms with Crippen LogP contribution in [0.5, 0.6) is 0 Å². The van der Waals surface area contributed by atoms with Crippen molar-refractivity contribution in [2.24, 2.45) is 17.8 Å². The molecule has 31 heavy (non-hydrogen) atoms. The number of nitrogens with zero attached hydrogens (tertiary/aromatic N) is 3. The predicted octanol–water partition coefficient (Wildman–Crippen LogP) is 1.03. The zero-order valence-corrected chi connectivity index (χ0v) is 18.3. The summed E-state index contributed by atoms with van der Waals surface area (Å²) in [7, 11) is 3.52. The van der Waals surface area contributed by atoms with E-state index in [2.05, 4.69) is 15.6 Å². The first-order valence-electron chi connectivity index (χ1n) is 9.97. The number of aromatic nitrogens is 1. The summed E-state index contributed by atoms with van der Waals surface area (Å²) in [4.78, 5) is 43.8. The van der Waals surface area contributed by atoms with E-state index < -0.39 is 6.04 Å². The van der Waals surface area contributed by atoms with Crippen LogP contribution in [0.2, 0.25) is 0 Å². The third-order valence-corrected chi connectivity index (χ3v) is 4.83. The molecule has 0 saturated carbocycles. The Kier molecular flexibility index (Phi) is 6.16. The fraction of sp³-hybridized carbons (Fsp3) is 0.318. The summed E-state index contributed by atoms with van der Waals surface area (Å²) in [6, 6.07) is 7.65. The van der Waals surface area contributed by atoms with Gasteiger partial charge in [-0.05, 0) is 45.0 Å². The lowest BCUT2D eigenvalue weighted by molar-refractivity contribution is -0.671. The molecular formula is C22H27N6O3+. The van der Waals surface area contributed by atoms with E-state index in [9.17, 15) is 14.4 Å². The molecule has 0 bridgehead atoms.